The molecule has 0 radical (unpaired) electrons. The van der Waals surface area contributed by atoms with Crippen LogP contribution in [0.5, 0.6) is 0 Å². The van der Waals surface area contributed by atoms with Gasteiger partial charge in [0.25, 0.3) is 0 Å². The first-order valence-corrected chi connectivity index (χ1v) is 8.23. The Bertz CT molecular complexity index is 783. The molecule has 4 heteroatoms. The molecule has 1 aliphatic heterocycles. The molecule has 2 aromatic rings. The molecule has 3 nitrogen and oxygen atoms in total. The second kappa shape index (κ2) is 7.37. The van der Waals surface area contributed by atoms with Crippen molar-refractivity contribution in [2.75, 3.05) is 11.5 Å². The summed E-state index contributed by atoms with van der Waals surface area (Å²) in [6, 6.07) is 17.4. The number of esters is 1. The summed E-state index contributed by atoms with van der Waals surface area (Å²) < 4.78 is 5.25. The number of carbonyl (C=O) groups excluding carboxylic acids is 1. The lowest BCUT2D eigenvalue weighted by Crippen LogP contribution is -2.22. The van der Waals surface area contributed by atoms with E-state index in [0.29, 0.717) is 17.2 Å². The average molecular weight is 340 g/mol. The third-order valence-electron chi connectivity index (χ3n) is 3.86. The molecule has 3 rings (SSSR count). The Morgan fingerprint density at radius 3 is 2.54 bits per heavy atom. The number of hydrogen-bond donors (Lipinski definition) is 0. The second-order valence-electron chi connectivity index (χ2n) is 5.39. The number of halogens is 1. The molecule has 1 atom stereocenters. The fourth-order valence-corrected chi connectivity index (χ4v) is 2.96. The van der Waals surface area contributed by atoms with Gasteiger partial charge in [0.15, 0.2) is 0 Å². The summed E-state index contributed by atoms with van der Waals surface area (Å²) in [5.41, 5.74) is 2.44. The summed E-state index contributed by atoms with van der Waals surface area (Å²) in [6.45, 7) is 2.14. The van der Waals surface area contributed by atoms with E-state index in [1.807, 2.05) is 78.0 Å². The minimum Gasteiger partial charge on any atom is -0.463 e. The van der Waals surface area contributed by atoms with Gasteiger partial charge < -0.3 is 9.64 Å². The first kappa shape index (κ1) is 16.3. The van der Waals surface area contributed by atoms with Gasteiger partial charge in [0, 0.05) is 29.0 Å². The molecule has 0 spiro atoms. The molecule has 0 bridgehead atoms. The Morgan fingerprint density at radius 1 is 1.12 bits per heavy atom. The fourth-order valence-electron chi connectivity index (χ4n) is 2.71. The molecule has 0 fully saturated rings. The molecule has 0 aromatic heterocycles. The van der Waals surface area contributed by atoms with Gasteiger partial charge in [-0.1, -0.05) is 54.1 Å². The molecule has 122 valence electrons. The third-order valence-corrected chi connectivity index (χ3v) is 4.20. The highest BCUT2D eigenvalue weighted by Crippen LogP contribution is 2.35. The molecular weight excluding hydrogens is 322 g/mol. The van der Waals surface area contributed by atoms with Crippen molar-refractivity contribution in [2.45, 2.75) is 12.8 Å². The summed E-state index contributed by atoms with van der Waals surface area (Å²) in [5.74, 6) is -0.551. The molecule has 0 aliphatic carbocycles. The largest absolute Gasteiger partial charge is 0.463 e. The van der Waals surface area contributed by atoms with E-state index in [9.17, 15) is 4.79 Å². The van der Waals surface area contributed by atoms with Gasteiger partial charge in [0.1, 0.15) is 0 Å². The number of rotatable bonds is 4. The zero-order valence-corrected chi connectivity index (χ0v) is 14.1. The topological polar surface area (TPSA) is 29.5 Å². The predicted octanol–water partition coefficient (Wildman–Crippen LogP) is 4.90. The number of para-hydroxylation sites is 1. The number of anilines is 1. The predicted molar refractivity (Wildman–Crippen MR) is 97.0 cm³/mol. The van der Waals surface area contributed by atoms with E-state index in [0.717, 1.165) is 11.3 Å². The van der Waals surface area contributed by atoms with Crippen LogP contribution >= 0.6 is 11.6 Å². The van der Waals surface area contributed by atoms with Crippen molar-refractivity contribution in [1.82, 2.24) is 0 Å². The Labute approximate surface area is 146 Å². The number of benzene rings is 2. The normalized spacial score (nSPS) is 16.7. The van der Waals surface area contributed by atoms with Gasteiger partial charge in [-0.15, -0.1) is 0 Å². The van der Waals surface area contributed by atoms with Crippen molar-refractivity contribution in [3.63, 3.8) is 0 Å². The van der Waals surface area contributed by atoms with E-state index in [1.54, 1.807) is 6.92 Å². The first-order chi connectivity index (χ1) is 11.7. The van der Waals surface area contributed by atoms with Crippen LogP contribution in [-0.4, -0.2) is 12.6 Å². The van der Waals surface area contributed by atoms with Crippen LogP contribution in [-0.2, 0) is 9.53 Å². The summed E-state index contributed by atoms with van der Waals surface area (Å²) in [6.07, 6.45) is 5.74. The van der Waals surface area contributed by atoms with Crippen LogP contribution in [0.3, 0.4) is 0 Å². The lowest BCUT2D eigenvalue weighted by atomic mass is 9.89. The molecule has 0 N–H and O–H groups in total. The lowest BCUT2D eigenvalue weighted by Gasteiger charge is -2.27. The highest BCUT2D eigenvalue weighted by atomic mass is 35.5. The maximum absolute atomic E-state index is 12.5. The van der Waals surface area contributed by atoms with Crippen molar-refractivity contribution in [2.24, 2.45) is 0 Å². The maximum Gasteiger partial charge on any atom is 0.336 e. The van der Waals surface area contributed by atoms with Crippen LogP contribution in [0.15, 0.2) is 78.6 Å². The molecule has 1 unspecified atom stereocenters. The number of nitrogens with zero attached hydrogens (tertiary/aromatic N) is 1. The van der Waals surface area contributed by atoms with E-state index in [4.69, 9.17) is 16.3 Å². The quantitative estimate of drug-likeness (QED) is 0.742. The average Bonchev–Trinajstić information content (AvgIpc) is 2.63. The first-order valence-electron chi connectivity index (χ1n) is 7.85. The maximum atomic E-state index is 12.5. The summed E-state index contributed by atoms with van der Waals surface area (Å²) >= 11 is 6.33. The minimum absolute atomic E-state index is 0.224. The molecule has 1 heterocycles. The van der Waals surface area contributed by atoms with E-state index in [1.165, 1.54) is 0 Å². The summed E-state index contributed by atoms with van der Waals surface area (Å²) in [4.78, 5) is 14.4. The third kappa shape index (κ3) is 3.36. The summed E-state index contributed by atoms with van der Waals surface area (Å²) in [7, 11) is 0. The van der Waals surface area contributed by atoms with E-state index in [-0.39, 0.29) is 11.9 Å². The van der Waals surface area contributed by atoms with Gasteiger partial charge in [0.05, 0.1) is 12.2 Å². The highest BCUT2D eigenvalue weighted by Gasteiger charge is 2.27. The Balaban J connectivity index is 2.00. The zero-order chi connectivity index (χ0) is 16.9. The Kier molecular flexibility index (Phi) is 5.02. The van der Waals surface area contributed by atoms with Gasteiger partial charge in [0.2, 0.25) is 0 Å². The van der Waals surface area contributed by atoms with Crippen LogP contribution in [0.25, 0.3) is 0 Å². The highest BCUT2D eigenvalue weighted by molar-refractivity contribution is 6.31. The van der Waals surface area contributed by atoms with Crippen molar-refractivity contribution < 1.29 is 9.53 Å². The zero-order valence-electron chi connectivity index (χ0n) is 13.4. The van der Waals surface area contributed by atoms with E-state index < -0.39 is 0 Å². The monoisotopic (exact) mass is 339 g/mol. The lowest BCUT2D eigenvalue weighted by molar-refractivity contribution is -0.138. The SMILES string of the molecule is CCOC(=O)C1=CN(c2ccccc2)C=CC1c1ccccc1Cl. The van der Waals surface area contributed by atoms with Gasteiger partial charge in [-0.05, 0) is 30.7 Å². The van der Waals surface area contributed by atoms with Crippen LogP contribution in [0.2, 0.25) is 5.02 Å². The van der Waals surface area contributed by atoms with E-state index >= 15 is 0 Å². The minimum atomic E-state index is -0.326. The molecule has 24 heavy (non-hydrogen) atoms. The molecule has 2 aromatic carbocycles. The molecule has 1 aliphatic rings. The van der Waals surface area contributed by atoms with Crippen molar-refractivity contribution in [3.8, 4) is 0 Å². The number of carbonyl (C=O) groups is 1. The molecular formula is C20H18ClNO2. The van der Waals surface area contributed by atoms with E-state index in [2.05, 4.69) is 0 Å². The fraction of sp³-hybridized carbons (Fsp3) is 0.150. The Morgan fingerprint density at radius 2 is 1.83 bits per heavy atom. The van der Waals surface area contributed by atoms with Gasteiger partial charge in [-0.25, -0.2) is 4.79 Å². The standard InChI is InChI=1S/C20H18ClNO2/c1-2-24-20(23)18-14-22(15-8-4-3-5-9-15)13-12-16(18)17-10-6-7-11-19(17)21/h3-14,16H,2H2,1H3. The molecule has 0 saturated heterocycles. The van der Waals surface area contributed by atoms with Crippen LogP contribution in [0.4, 0.5) is 5.69 Å². The molecule has 0 saturated carbocycles. The van der Waals surface area contributed by atoms with Crippen molar-refractivity contribution >= 4 is 23.3 Å². The van der Waals surface area contributed by atoms with Crippen LogP contribution in [0.1, 0.15) is 18.4 Å². The van der Waals surface area contributed by atoms with Crippen LogP contribution in [0, 0.1) is 0 Å². The number of allylic oxidation sites excluding steroid dienone is 1. The van der Waals surface area contributed by atoms with Crippen molar-refractivity contribution in [1.29, 1.82) is 0 Å². The van der Waals surface area contributed by atoms with Crippen LogP contribution < -0.4 is 4.90 Å². The van der Waals surface area contributed by atoms with Crippen molar-refractivity contribution in [3.05, 3.63) is 89.2 Å². The smallest absolute Gasteiger partial charge is 0.336 e. The number of hydrogen-bond acceptors (Lipinski definition) is 3. The summed E-state index contributed by atoms with van der Waals surface area (Å²) in [5, 5.41) is 0.635. The Hall–Kier alpha value is -2.52. The molecule has 0 amide bonds. The van der Waals surface area contributed by atoms with Gasteiger partial charge in [-0.3, -0.25) is 0 Å². The second-order valence-corrected chi connectivity index (χ2v) is 5.80. The number of ether oxygens (including phenoxy) is 1. The van der Waals surface area contributed by atoms with Gasteiger partial charge >= 0.3 is 5.97 Å². The van der Waals surface area contributed by atoms with Gasteiger partial charge in [-0.2, -0.15) is 0 Å².